The lowest BCUT2D eigenvalue weighted by Gasteiger charge is -2.07. The predicted molar refractivity (Wildman–Crippen MR) is 369 cm³/mol. The summed E-state index contributed by atoms with van der Waals surface area (Å²) in [6.45, 7) is 11.4. The van der Waals surface area contributed by atoms with Crippen LogP contribution in [0.3, 0.4) is 0 Å². The fraction of sp³-hybridized carbons (Fsp3) is 0.239. The second kappa shape index (κ2) is 39.5. The van der Waals surface area contributed by atoms with E-state index in [0.717, 1.165) is 44.5 Å². The van der Waals surface area contributed by atoms with Gasteiger partial charge in [0.15, 0.2) is 40.8 Å². The molecule has 14 N–H and O–H groups in total. The molecule has 5 aromatic carbocycles. The van der Waals surface area contributed by atoms with Gasteiger partial charge in [-0.05, 0) is 71.4 Å². The summed E-state index contributed by atoms with van der Waals surface area (Å²) in [5, 5.41) is 105. The molecule has 0 radical (unpaired) electrons. The number of carboxylic acids is 7. The van der Waals surface area contributed by atoms with Crippen molar-refractivity contribution in [2.45, 2.75) is 86.5 Å². The van der Waals surface area contributed by atoms with E-state index in [1.807, 2.05) is 119 Å². The largest absolute Gasteiger partial charge is 0.497 e. The zero-order valence-corrected chi connectivity index (χ0v) is 57.8. The first-order valence-electron chi connectivity index (χ1n) is 31.0. The summed E-state index contributed by atoms with van der Waals surface area (Å²) >= 11 is 0. The lowest BCUT2D eigenvalue weighted by Crippen LogP contribution is -2.01. The van der Waals surface area contributed by atoms with E-state index in [1.54, 1.807) is 46.3 Å². The monoisotopic (exact) mass is 1440 g/mol. The normalized spacial score (nSPS) is 10.2. The van der Waals surface area contributed by atoms with Crippen molar-refractivity contribution in [3.8, 4) is 74.2 Å². The van der Waals surface area contributed by atoms with Crippen LogP contribution < -0.4 is 14.2 Å². The molecule has 7 aromatic heterocycles. The van der Waals surface area contributed by atoms with E-state index in [-0.39, 0.29) is 44.9 Å². The Morgan fingerprint density at radius 1 is 0.295 bits per heavy atom. The topological polar surface area (TPSA) is 580 Å². The highest BCUT2D eigenvalue weighted by atomic mass is 16.5. The van der Waals surface area contributed by atoms with Crippen LogP contribution >= 0.6 is 0 Å². The van der Waals surface area contributed by atoms with Crippen LogP contribution in [-0.4, -0.2) is 205 Å². The maximum Gasteiger partial charge on any atom is 0.311 e. The molecule has 548 valence electrons. The number of benzene rings is 5. The highest BCUT2D eigenvalue weighted by molar-refractivity contribution is 5.73. The third-order valence-electron chi connectivity index (χ3n) is 13.3. The van der Waals surface area contributed by atoms with Crippen LogP contribution in [0.15, 0.2) is 109 Å². The average Bonchev–Trinajstić information content (AvgIpc) is 1.79. The van der Waals surface area contributed by atoms with Crippen molar-refractivity contribution in [1.29, 1.82) is 0 Å². The highest BCUT2D eigenvalue weighted by Gasteiger charge is 2.17. The Hall–Kier alpha value is -14.2. The van der Waals surface area contributed by atoms with Gasteiger partial charge in [-0.15, -0.1) is 0 Å². The van der Waals surface area contributed by atoms with Crippen LogP contribution in [0.4, 0.5) is 0 Å². The van der Waals surface area contributed by atoms with Crippen LogP contribution in [0.2, 0.25) is 0 Å². The van der Waals surface area contributed by atoms with E-state index in [0.29, 0.717) is 104 Å². The summed E-state index contributed by atoms with van der Waals surface area (Å²) in [5.41, 5.74) is 8.56. The van der Waals surface area contributed by atoms with Crippen molar-refractivity contribution in [1.82, 2.24) is 106 Å². The van der Waals surface area contributed by atoms with Gasteiger partial charge in [0.05, 0.1) is 32.5 Å². The Bertz CT molecular complexity index is 4540. The molecule has 38 heteroatoms. The molecule has 0 atom stereocenters. The molecule has 12 rings (SSSR count). The number of ether oxygens (including phenoxy) is 3. The van der Waals surface area contributed by atoms with Crippen molar-refractivity contribution >= 4 is 41.8 Å². The highest BCUT2D eigenvalue weighted by Crippen LogP contribution is 2.32. The minimum Gasteiger partial charge on any atom is -0.497 e. The van der Waals surface area contributed by atoms with Gasteiger partial charge in [0.25, 0.3) is 0 Å². The van der Waals surface area contributed by atoms with Crippen molar-refractivity contribution < 1.29 is 83.5 Å². The number of aromatic nitrogens is 21. The third-order valence-corrected chi connectivity index (χ3v) is 13.3. The molecule has 0 saturated carbocycles. The quantitative estimate of drug-likeness (QED) is 0.0357. The molecule has 0 fully saturated rings. The van der Waals surface area contributed by atoms with E-state index in [1.165, 1.54) is 7.11 Å². The minimum atomic E-state index is -0.968. The summed E-state index contributed by atoms with van der Waals surface area (Å²) in [5.74, 6) is 1.36. The third kappa shape index (κ3) is 27.4. The van der Waals surface area contributed by atoms with Crippen molar-refractivity contribution in [3.05, 3.63) is 184 Å². The Morgan fingerprint density at radius 2 is 0.562 bits per heavy atom. The number of hydrogen-bond acceptors (Lipinski definition) is 24. The van der Waals surface area contributed by atoms with Crippen LogP contribution in [0.25, 0.3) is 56.9 Å². The van der Waals surface area contributed by atoms with Gasteiger partial charge in [0.2, 0.25) is 0 Å². The average molecular weight is 1440 g/mol. The molecule has 0 spiro atoms. The second-order valence-corrected chi connectivity index (χ2v) is 22.1. The number of carbonyl (C=O) groups is 7. The fourth-order valence-electron chi connectivity index (χ4n) is 8.50. The molecule has 0 aliphatic heterocycles. The first kappa shape index (κ1) is 79.8. The van der Waals surface area contributed by atoms with Crippen LogP contribution in [-0.2, 0) is 78.5 Å². The maximum atomic E-state index is 10.6. The Morgan fingerprint density at radius 3 is 0.829 bits per heavy atom. The van der Waals surface area contributed by atoms with Crippen molar-refractivity contribution in [2.24, 2.45) is 0 Å². The number of hydrogen-bond donors (Lipinski definition) is 14. The lowest BCUT2D eigenvalue weighted by molar-refractivity contribution is -0.137. The van der Waals surface area contributed by atoms with Crippen LogP contribution in [0.5, 0.6) is 17.2 Å². The van der Waals surface area contributed by atoms with Gasteiger partial charge in [-0.1, -0.05) is 95.6 Å². The molecule has 0 amide bonds. The maximum absolute atomic E-state index is 10.6. The van der Waals surface area contributed by atoms with Crippen molar-refractivity contribution in [3.63, 3.8) is 0 Å². The Labute approximate surface area is 595 Å². The number of aryl methyl sites for hydroxylation is 6. The van der Waals surface area contributed by atoms with Crippen molar-refractivity contribution in [2.75, 3.05) is 21.3 Å². The second-order valence-electron chi connectivity index (χ2n) is 22.1. The molecule has 0 aliphatic carbocycles. The van der Waals surface area contributed by atoms with Gasteiger partial charge in [-0.2, -0.15) is 35.7 Å². The number of aromatic amines is 7. The molecule has 0 saturated heterocycles. The first-order chi connectivity index (χ1) is 50.0. The van der Waals surface area contributed by atoms with Gasteiger partial charge in [-0.3, -0.25) is 69.3 Å². The molecule has 0 aliphatic rings. The summed E-state index contributed by atoms with van der Waals surface area (Å²) in [7, 11) is 4.67. The molecule has 7 heterocycles. The number of carboxylic acid groups (broad SMARTS) is 7. The number of rotatable bonds is 22. The number of aliphatic carboxylic acids is 7. The zero-order valence-electron chi connectivity index (χ0n) is 57.8. The minimum absolute atomic E-state index is 0.121. The lowest BCUT2D eigenvalue weighted by atomic mass is 10.1. The van der Waals surface area contributed by atoms with Gasteiger partial charge in [-0.25, -0.2) is 34.9 Å². The fourth-order valence-corrected chi connectivity index (χ4v) is 8.50. The van der Waals surface area contributed by atoms with E-state index >= 15 is 0 Å². The predicted octanol–water partition coefficient (Wildman–Crippen LogP) is 6.23. The number of nitrogens with one attached hydrogen (secondary N) is 7. The molecule has 12 aromatic rings. The van der Waals surface area contributed by atoms with E-state index in [4.69, 9.17) is 50.0 Å². The number of H-pyrrole nitrogens is 7. The molecular weight excluding hydrogens is 1370 g/mol. The molecule has 0 unspecified atom stereocenters. The molecule has 105 heavy (non-hydrogen) atoms. The standard InChI is InChI=1S/C12H13N3O4.C12H13N3O3.3C11H11N3O2.2C5H7N3O2/c1-18-7-3-4-8(9(5-7)19-2)12-13-10(14-15-12)6-11(16)17;1-7-3-4-8(9(5-7)18-2)12-13-10(14-15-12)6-11(16)17;3*1-7-2-4-8(5-3-7)11-12-9(13-14-11)6-10(15)16;2*1-3-6-4(8-7-3)2-5(9)10/h3-5H,6H2,1-2H3,(H,16,17)(H,13,14,15);3-5H,6H2,1-2H3,(H,16,17)(H,13,14,15);3*2-5H,6H2,1H3,(H,15,16)(H,12,13,14);2*2H2,1H3,(H,9,10)(H,6,7,8). The summed E-state index contributed by atoms with van der Waals surface area (Å²) in [4.78, 5) is 101. The summed E-state index contributed by atoms with van der Waals surface area (Å²) in [6.07, 6.45) is -1.04. The van der Waals surface area contributed by atoms with Crippen LogP contribution in [0.1, 0.15) is 74.7 Å². The van der Waals surface area contributed by atoms with E-state index in [9.17, 15) is 33.6 Å². The van der Waals surface area contributed by atoms with Crippen LogP contribution in [0, 0.1) is 41.5 Å². The van der Waals surface area contributed by atoms with E-state index < -0.39 is 41.8 Å². The first-order valence-corrected chi connectivity index (χ1v) is 31.0. The van der Waals surface area contributed by atoms with Gasteiger partial charge >= 0.3 is 41.8 Å². The molecule has 38 nitrogen and oxygen atoms in total. The smallest absolute Gasteiger partial charge is 0.311 e. The summed E-state index contributed by atoms with van der Waals surface area (Å²) < 4.78 is 15.6. The van der Waals surface area contributed by atoms with Gasteiger partial charge in [0, 0.05) is 22.8 Å². The zero-order chi connectivity index (χ0) is 76.7. The van der Waals surface area contributed by atoms with Gasteiger partial charge in [0.1, 0.15) is 103 Å². The Kier molecular flexibility index (Phi) is 30.0. The Balaban J connectivity index is 0.000000194. The SMILES string of the molecule is COc1cc(C)ccc1-c1n[nH]c(CC(=O)O)n1.COc1ccc(-c2n[nH]c(CC(=O)O)n2)c(OC)c1.Cc1ccc(-c2n[nH]c(CC(=O)O)n2)cc1.Cc1ccc(-c2n[nH]c(CC(=O)O)n2)cc1.Cc1ccc(-c2n[nH]c(CC(=O)O)n2)cc1.Cc1nc(CC(=O)O)n[nH]1.Cc1nc(CC(=O)O)n[nH]1. The van der Waals surface area contributed by atoms with E-state index in [2.05, 4.69) is 106 Å². The number of nitrogens with zero attached hydrogens (tertiary/aromatic N) is 14. The summed E-state index contributed by atoms with van der Waals surface area (Å²) in [6, 6.07) is 34.1. The molecule has 0 bridgehead atoms. The molecular formula is C67H73N21O17. The van der Waals surface area contributed by atoms with Gasteiger partial charge < -0.3 is 50.0 Å². The number of methoxy groups -OCH3 is 3.